The molecule has 0 N–H and O–H groups in total. The van der Waals surface area contributed by atoms with Gasteiger partial charge in [-0.3, -0.25) is 10.1 Å². The molecule has 0 spiro atoms. The molecule has 3 rings (SSSR count). The fraction of sp³-hybridized carbons (Fsp3) is 0.0588. The van der Waals surface area contributed by atoms with Gasteiger partial charge in [-0.25, -0.2) is 9.79 Å². The van der Waals surface area contributed by atoms with Crippen LogP contribution in [0.1, 0.15) is 16.7 Å². The van der Waals surface area contributed by atoms with Gasteiger partial charge in [0.25, 0.3) is 5.69 Å². The second-order valence-electron chi connectivity index (χ2n) is 5.09. The van der Waals surface area contributed by atoms with Gasteiger partial charge in [-0.05, 0) is 36.8 Å². The Hall–Kier alpha value is -2.80. The molecule has 0 fully saturated rings. The largest absolute Gasteiger partial charge is 0.402 e. The van der Waals surface area contributed by atoms with Gasteiger partial charge in [0.1, 0.15) is 0 Å². The van der Waals surface area contributed by atoms with Crippen LogP contribution in [0.15, 0.2) is 57.6 Å². The minimum atomic E-state index is -0.584. The molecule has 120 valence electrons. The average molecular weight is 387 g/mol. The van der Waals surface area contributed by atoms with Gasteiger partial charge in [-0.15, -0.1) is 0 Å². The Balaban J connectivity index is 1.99. The van der Waals surface area contributed by atoms with E-state index in [2.05, 4.69) is 20.9 Å². The molecular formula is C17H11BrN2O4. The fourth-order valence-electron chi connectivity index (χ4n) is 2.29. The summed E-state index contributed by atoms with van der Waals surface area (Å²) in [6, 6.07) is 11.9. The highest BCUT2D eigenvalue weighted by Crippen LogP contribution is 2.26. The molecule has 0 atom stereocenters. The van der Waals surface area contributed by atoms with Gasteiger partial charge < -0.3 is 4.74 Å². The van der Waals surface area contributed by atoms with Crippen LogP contribution < -0.4 is 0 Å². The quantitative estimate of drug-likeness (QED) is 0.345. The Kier molecular flexibility index (Phi) is 4.26. The highest BCUT2D eigenvalue weighted by atomic mass is 79.9. The summed E-state index contributed by atoms with van der Waals surface area (Å²) in [4.78, 5) is 26.8. The summed E-state index contributed by atoms with van der Waals surface area (Å²) < 4.78 is 6.11. The third-order valence-electron chi connectivity index (χ3n) is 3.53. The standard InChI is InChI=1S/C17H11BrN2O4/c1-10-13(3-2-4-15(10)20(22)23)16-19-14(17(21)24-16)9-11-5-7-12(18)8-6-11/h2-9H,1H3/b14-9-. The molecule has 0 radical (unpaired) electrons. The Morgan fingerprint density at radius 2 is 1.92 bits per heavy atom. The van der Waals surface area contributed by atoms with Gasteiger partial charge in [0.2, 0.25) is 5.90 Å². The van der Waals surface area contributed by atoms with Crippen molar-refractivity contribution in [3.05, 3.63) is 79.4 Å². The van der Waals surface area contributed by atoms with E-state index in [0.717, 1.165) is 10.0 Å². The maximum Gasteiger partial charge on any atom is 0.363 e. The first-order valence-electron chi connectivity index (χ1n) is 6.98. The molecule has 1 aliphatic rings. The normalized spacial score (nSPS) is 15.3. The van der Waals surface area contributed by atoms with E-state index in [4.69, 9.17) is 4.74 Å². The van der Waals surface area contributed by atoms with E-state index < -0.39 is 10.9 Å². The van der Waals surface area contributed by atoms with Gasteiger partial charge in [0.15, 0.2) is 5.70 Å². The number of halogens is 1. The van der Waals surface area contributed by atoms with Crippen molar-refractivity contribution in [2.24, 2.45) is 4.99 Å². The number of rotatable bonds is 3. The molecule has 0 amide bonds. The number of carbonyl (C=O) groups excluding carboxylic acids is 1. The van der Waals surface area contributed by atoms with Crippen LogP contribution in [0.5, 0.6) is 0 Å². The highest BCUT2D eigenvalue weighted by Gasteiger charge is 2.27. The Morgan fingerprint density at radius 1 is 1.21 bits per heavy atom. The lowest BCUT2D eigenvalue weighted by atomic mass is 10.1. The molecule has 2 aromatic carbocycles. The summed E-state index contributed by atoms with van der Waals surface area (Å²) in [5.41, 5.74) is 1.73. The summed E-state index contributed by atoms with van der Waals surface area (Å²) >= 11 is 3.34. The molecule has 7 heteroatoms. The van der Waals surface area contributed by atoms with Crippen LogP contribution in [-0.2, 0) is 9.53 Å². The lowest BCUT2D eigenvalue weighted by molar-refractivity contribution is -0.385. The van der Waals surface area contributed by atoms with Crippen molar-refractivity contribution in [3.8, 4) is 0 Å². The molecule has 0 bridgehead atoms. The maximum atomic E-state index is 12.0. The van der Waals surface area contributed by atoms with Crippen molar-refractivity contribution in [1.29, 1.82) is 0 Å². The van der Waals surface area contributed by atoms with Crippen molar-refractivity contribution in [2.75, 3.05) is 0 Å². The van der Waals surface area contributed by atoms with Crippen LogP contribution >= 0.6 is 15.9 Å². The molecule has 0 aliphatic carbocycles. The summed E-state index contributed by atoms with van der Waals surface area (Å²) in [7, 11) is 0. The van der Waals surface area contributed by atoms with Gasteiger partial charge in [-0.2, -0.15) is 0 Å². The number of aliphatic imine (C=N–C) groups is 1. The van der Waals surface area contributed by atoms with Crippen LogP contribution in [0.3, 0.4) is 0 Å². The van der Waals surface area contributed by atoms with Crippen LogP contribution in [0.25, 0.3) is 6.08 Å². The van der Waals surface area contributed by atoms with Crippen molar-refractivity contribution in [2.45, 2.75) is 6.92 Å². The molecule has 0 saturated carbocycles. The first kappa shape index (κ1) is 16.1. The number of nitro benzene ring substituents is 1. The van der Waals surface area contributed by atoms with Gasteiger partial charge in [0, 0.05) is 21.7 Å². The first-order chi connectivity index (χ1) is 11.5. The number of cyclic esters (lactones) is 1. The van der Waals surface area contributed by atoms with Crippen molar-refractivity contribution in [3.63, 3.8) is 0 Å². The lowest BCUT2D eigenvalue weighted by Gasteiger charge is -2.04. The Bertz CT molecular complexity index is 901. The van der Waals surface area contributed by atoms with E-state index in [1.807, 2.05) is 24.3 Å². The number of ether oxygens (including phenoxy) is 1. The number of esters is 1. The van der Waals surface area contributed by atoms with Gasteiger partial charge in [-0.1, -0.05) is 34.1 Å². The van der Waals surface area contributed by atoms with Gasteiger partial charge in [0.05, 0.1) is 4.92 Å². The molecule has 6 nitrogen and oxygen atoms in total. The van der Waals surface area contributed by atoms with Crippen molar-refractivity contribution < 1.29 is 14.5 Å². The zero-order chi connectivity index (χ0) is 17.3. The third-order valence-corrected chi connectivity index (χ3v) is 4.05. The minimum absolute atomic E-state index is 0.0448. The maximum absolute atomic E-state index is 12.0. The van der Waals surface area contributed by atoms with Crippen LogP contribution in [0.4, 0.5) is 5.69 Å². The van der Waals surface area contributed by atoms with Crippen LogP contribution in [-0.4, -0.2) is 16.8 Å². The summed E-state index contributed by atoms with van der Waals surface area (Å²) in [6.45, 7) is 1.60. The number of nitrogens with zero attached hydrogens (tertiary/aromatic N) is 2. The second-order valence-corrected chi connectivity index (χ2v) is 6.01. The molecule has 0 saturated heterocycles. The molecular weight excluding hydrogens is 376 g/mol. The smallest absolute Gasteiger partial charge is 0.363 e. The summed E-state index contributed by atoms with van der Waals surface area (Å²) in [5, 5.41) is 11.0. The molecule has 2 aromatic rings. The van der Waals surface area contributed by atoms with E-state index in [0.29, 0.717) is 11.1 Å². The van der Waals surface area contributed by atoms with Gasteiger partial charge >= 0.3 is 5.97 Å². The highest BCUT2D eigenvalue weighted by molar-refractivity contribution is 9.10. The predicted octanol–water partition coefficient (Wildman–Crippen LogP) is 4.01. The molecule has 24 heavy (non-hydrogen) atoms. The zero-order valence-electron chi connectivity index (χ0n) is 12.5. The SMILES string of the molecule is Cc1c(C2=N/C(=C\c3ccc(Br)cc3)C(=O)O2)cccc1[N+](=O)[O-]. The van der Waals surface area contributed by atoms with Crippen molar-refractivity contribution >= 4 is 39.6 Å². The van der Waals surface area contributed by atoms with E-state index in [9.17, 15) is 14.9 Å². The van der Waals surface area contributed by atoms with E-state index in [1.165, 1.54) is 12.1 Å². The number of hydrogen-bond donors (Lipinski definition) is 0. The first-order valence-corrected chi connectivity index (χ1v) is 7.77. The van der Waals surface area contributed by atoms with Crippen molar-refractivity contribution in [1.82, 2.24) is 0 Å². The molecule has 0 aromatic heterocycles. The summed E-state index contributed by atoms with van der Waals surface area (Å²) in [6.07, 6.45) is 1.61. The Morgan fingerprint density at radius 3 is 2.58 bits per heavy atom. The van der Waals surface area contributed by atoms with E-state index in [-0.39, 0.29) is 17.3 Å². The lowest BCUT2D eigenvalue weighted by Crippen LogP contribution is -2.08. The molecule has 1 aliphatic heterocycles. The minimum Gasteiger partial charge on any atom is -0.402 e. The Labute approximate surface area is 145 Å². The van der Waals surface area contributed by atoms with E-state index in [1.54, 1.807) is 19.1 Å². The van der Waals surface area contributed by atoms with Crippen LogP contribution in [0.2, 0.25) is 0 Å². The third kappa shape index (κ3) is 3.11. The predicted molar refractivity (Wildman–Crippen MR) is 92.6 cm³/mol. The monoisotopic (exact) mass is 386 g/mol. The van der Waals surface area contributed by atoms with E-state index >= 15 is 0 Å². The number of hydrogen-bond acceptors (Lipinski definition) is 5. The fourth-order valence-corrected chi connectivity index (χ4v) is 2.56. The number of carbonyl (C=O) groups is 1. The molecule has 1 heterocycles. The van der Waals surface area contributed by atoms with Crippen LogP contribution in [0, 0.1) is 17.0 Å². The topological polar surface area (TPSA) is 81.8 Å². The number of benzene rings is 2. The zero-order valence-corrected chi connectivity index (χ0v) is 14.1. The second kappa shape index (κ2) is 6.37. The number of nitro groups is 1. The average Bonchev–Trinajstić information content (AvgIpc) is 2.90. The molecule has 0 unspecified atom stereocenters. The summed E-state index contributed by atoms with van der Waals surface area (Å²) in [5.74, 6) is -0.511.